The van der Waals surface area contributed by atoms with Crippen LogP contribution in [0.4, 0.5) is 8.78 Å². The van der Waals surface area contributed by atoms with Crippen molar-refractivity contribution < 1.29 is 67.8 Å². The van der Waals surface area contributed by atoms with E-state index in [1.807, 2.05) is 4.98 Å². The summed E-state index contributed by atoms with van der Waals surface area (Å²) in [6.07, 6.45) is -6.98. The molecule has 1 aromatic heterocycles. The van der Waals surface area contributed by atoms with Gasteiger partial charge in [0.25, 0.3) is 0 Å². The molecular formula is C10H15F2N2O13P3S. The van der Waals surface area contributed by atoms with Crippen LogP contribution in [0.25, 0.3) is 0 Å². The van der Waals surface area contributed by atoms with Crippen molar-refractivity contribution in [3.8, 4) is 0 Å². The summed E-state index contributed by atoms with van der Waals surface area (Å²) in [5, 5.41) is 10.2. The van der Waals surface area contributed by atoms with Crippen molar-refractivity contribution in [2.75, 3.05) is 6.56 Å². The van der Waals surface area contributed by atoms with Crippen molar-refractivity contribution >= 4 is 35.7 Å². The second kappa shape index (κ2) is 8.91. The van der Waals surface area contributed by atoms with E-state index in [2.05, 4.69) is 25.4 Å². The molecule has 15 nitrogen and oxygen atoms in total. The van der Waals surface area contributed by atoms with Gasteiger partial charge in [0.15, 0.2) is 17.7 Å². The smallest absolute Gasteiger partial charge is 0.387 e. The molecule has 2 heterocycles. The largest absolute Gasteiger partial charge is 0.490 e. The van der Waals surface area contributed by atoms with E-state index in [4.69, 9.17) is 22.2 Å². The van der Waals surface area contributed by atoms with Crippen LogP contribution < -0.4 is 5.69 Å². The first-order valence-electron chi connectivity index (χ1n) is 8.46. The number of nitrogens with one attached hydrogen (secondary N) is 1. The van der Waals surface area contributed by atoms with E-state index >= 15 is 4.39 Å². The predicted octanol–water partition coefficient (Wildman–Crippen LogP) is 0.375. The van der Waals surface area contributed by atoms with E-state index < -0.39 is 70.3 Å². The Kier molecular flexibility index (Phi) is 6.74. The molecule has 1 saturated heterocycles. The van der Waals surface area contributed by atoms with E-state index in [1.54, 1.807) is 0 Å². The second-order valence-corrected chi connectivity index (χ2v) is 10.7. The van der Waals surface area contributed by atoms with Crippen LogP contribution in [0.15, 0.2) is 11.0 Å². The SMILES string of the molecule is [2H]C([2H])(OP(=O)(O)OP(=O)(O)OP(=O)(O)O)[C@H]1O[C@@H](n2cc(F)c(=S)[nH]c2=O)C(C)(F)[C@H]1O. The minimum Gasteiger partial charge on any atom is -0.387 e. The maximum atomic E-state index is 15.2. The lowest BCUT2D eigenvalue weighted by Gasteiger charge is -2.24. The van der Waals surface area contributed by atoms with Gasteiger partial charge in [-0.3, -0.25) is 14.1 Å². The highest BCUT2D eigenvalue weighted by atomic mass is 32.1. The van der Waals surface area contributed by atoms with E-state index in [1.165, 1.54) is 0 Å². The molecule has 178 valence electrons. The van der Waals surface area contributed by atoms with Gasteiger partial charge in [-0.25, -0.2) is 27.3 Å². The Bertz CT molecular complexity index is 1190. The molecular weight excluding hydrogens is 519 g/mol. The van der Waals surface area contributed by atoms with Crippen LogP contribution >= 0.6 is 35.7 Å². The number of nitrogens with zero attached hydrogens (tertiary/aromatic N) is 1. The summed E-state index contributed by atoms with van der Waals surface area (Å²) in [6, 6.07) is 0. The first-order chi connectivity index (χ1) is 14.6. The average molecular weight is 536 g/mol. The number of alkyl halides is 1. The van der Waals surface area contributed by atoms with Crippen molar-refractivity contribution in [2.24, 2.45) is 0 Å². The molecule has 0 spiro atoms. The fourth-order valence-corrected chi connectivity index (χ4v) is 5.28. The standard InChI is InChI=1S/C10H15F2N2O13P3S/c1-10(12)6(15)5(25-8(10)14-2-4(11)7(31)13-9(14)16)3-24-29(20,21)27-30(22,23)26-28(17,18)19/h2,5-6,8,15H,3H2,1H3,(H,20,21)(H,22,23)(H,13,16,31)(H2,17,18,19)/t5-,6+,8-,10?/m1/s1/i3D2. The lowest BCUT2D eigenvalue weighted by molar-refractivity contribution is -0.0609. The number of aliphatic hydroxyl groups excluding tert-OH is 1. The molecule has 2 rings (SSSR count). The van der Waals surface area contributed by atoms with Crippen LogP contribution in [-0.2, 0) is 31.6 Å². The van der Waals surface area contributed by atoms with Gasteiger partial charge in [-0.15, -0.1) is 0 Å². The summed E-state index contributed by atoms with van der Waals surface area (Å²) in [7, 11) is -17.8. The Balaban J connectivity index is 2.34. The molecule has 31 heavy (non-hydrogen) atoms. The van der Waals surface area contributed by atoms with Crippen molar-refractivity contribution in [3.05, 3.63) is 27.1 Å². The zero-order valence-corrected chi connectivity index (χ0v) is 18.3. The first-order valence-corrected chi connectivity index (χ1v) is 12.4. The highest BCUT2D eigenvalue weighted by Crippen LogP contribution is 2.66. The van der Waals surface area contributed by atoms with E-state index in [0.717, 1.165) is 0 Å². The average Bonchev–Trinajstić information content (AvgIpc) is 2.77. The summed E-state index contributed by atoms with van der Waals surface area (Å²) in [5.41, 5.74) is -4.30. The van der Waals surface area contributed by atoms with Crippen molar-refractivity contribution in [2.45, 2.75) is 31.0 Å². The third-order valence-electron chi connectivity index (χ3n) is 3.50. The fourth-order valence-electron chi connectivity index (χ4n) is 2.27. The van der Waals surface area contributed by atoms with Crippen LogP contribution in [0, 0.1) is 10.5 Å². The Labute approximate surface area is 178 Å². The number of rotatable bonds is 8. The van der Waals surface area contributed by atoms with Gasteiger partial charge in [-0.05, 0) is 6.92 Å². The zero-order valence-electron chi connectivity index (χ0n) is 16.8. The molecule has 0 radical (unpaired) electrons. The summed E-state index contributed by atoms with van der Waals surface area (Å²) >= 11 is 4.49. The number of hydrogen-bond donors (Lipinski definition) is 6. The molecule has 0 aliphatic carbocycles. The highest BCUT2D eigenvalue weighted by Gasteiger charge is 2.56. The summed E-state index contributed by atoms with van der Waals surface area (Å²) in [6.45, 7) is -3.13. The Morgan fingerprint density at radius 1 is 1.32 bits per heavy atom. The number of H-pyrrole nitrogens is 1. The zero-order chi connectivity index (χ0) is 25.8. The molecule has 0 aromatic carbocycles. The normalized spacial score (nSPS) is 32.1. The molecule has 6 atom stereocenters. The van der Waals surface area contributed by atoms with E-state index in [-0.39, 0.29) is 4.57 Å². The lowest BCUT2D eigenvalue weighted by Crippen LogP contribution is -2.43. The van der Waals surface area contributed by atoms with Crippen LogP contribution in [0.5, 0.6) is 0 Å². The van der Waals surface area contributed by atoms with Gasteiger partial charge < -0.3 is 29.4 Å². The molecule has 1 aromatic rings. The number of aliphatic hydroxyl groups is 1. The van der Waals surface area contributed by atoms with Crippen LogP contribution in [0.2, 0.25) is 0 Å². The quantitative estimate of drug-likeness (QED) is 0.195. The summed E-state index contributed by atoms with van der Waals surface area (Å²) < 4.78 is 93.5. The number of aromatic amines is 1. The Morgan fingerprint density at radius 2 is 1.90 bits per heavy atom. The number of phosphoric ester groups is 1. The highest BCUT2D eigenvalue weighted by molar-refractivity contribution is 7.71. The number of phosphoric acid groups is 3. The maximum absolute atomic E-state index is 15.2. The Hall–Kier alpha value is -0.710. The monoisotopic (exact) mass is 536 g/mol. The van der Waals surface area contributed by atoms with Crippen LogP contribution in [0.1, 0.15) is 15.9 Å². The maximum Gasteiger partial charge on any atom is 0.490 e. The van der Waals surface area contributed by atoms with Crippen LogP contribution in [0.3, 0.4) is 0 Å². The van der Waals surface area contributed by atoms with Gasteiger partial charge in [0.1, 0.15) is 16.8 Å². The first kappa shape index (κ1) is 23.4. The minimum absolute atomic E-state index is 0.231. The molecule has 21 heteroatoms. The number of halogens is 2. The predicted molar refractivity (Wildman–Crippen MR) is 95.1 cm³/mol. The van der Waals surface area contributed by atoms with Gasteiger partial charge in [0.2, 0.25) is 0 Å². The number of hydrogen-bond acceptors (Lipinski definition) is 10. The molecule has 0 bridgehead atoms. The summed E-state index contributed by atoms with van der Waals surface area (Å²) in [4.78, 5) is 49.4. The molecule has 6 N–H and O–H groups in total. The molecule has 0 saturated carbocycles. The minimum atomic E-state index is -6.08. The summed E-state index contributed by atoms with van der Waals surface area (Å²) in [5.74, 6) is -1.22. The van der Waals surface area contributed by atoms with Gasteiger partial charge in [-0.2, -0.15) is 8.62 Å². The van der Waals surface area contributed by atoms with Gasteiger partial charge >= 0.3 is 29.2 Å². The van der Waals surface area contributed by atoms with Gasteiger partial charge in [0.05, 0.1) is 15.5 Å². The van der Waals surface area contributed by atoms with Crippen LogP contribution in [-0.4, -0.2) is 58.7 Å². The second-order valence-electron chi connectivity index (χ2n) is 5.95. The Morgan fingerprint density at radius 3 is 2.45 bits per heavy atom. The topological polar surface area (TPSA) is 227 Å². The number of ether oxygens (including phenoxy) is 1. The van der Waals surface area contributed by atoms with Gasteiger partial charge in [-0.1, -0.05) is 12.2 Å². The van der Waals surface area contributed by atoms with Gasteiger partial charge in [0, 0.05) is 0 Å². The molecule has 1 aliphatic heterocycles. The van der Waals surface area contributed by atoms with Crippen molar-refractivity contribution in [3.63, 3.8) is 0 Å². The molecule has 0 amide bonds. The molecule has 1 fully saturated rings. The van der Waals surface area contributed by atoms with E-state index in [9.17, 15) is 32.9 Å². The van der Waals surface area contributed by atoms with Crippen molar-refractivity contribution in [1.29, 1.82) is 0 Å². The third-order valence-corrected chi connectivity index (χ3v) is 7.46. The number of aromatic nitrogens is 2. The third kappa shape index (κ3) is 6.65. The van der Waals surface area contributed by atoms with E-state index in [0.29, 0.717) is 13.1 Å². The molecule has 3 unspecified atom stereocenters. The molecule has 1 aliphatic rings. The fraction of sp³-hybridized carbons (Fsp3) is 0.600. The lowest BCUT2D eigenvalue weighted by atomic mass is 9.98. The van der Waals surface area contributed by atoms with Crippen molar-refractivity contribution in [1.82, 2.24) is 9.55 Å².